The van der Waals surface area contributed by atoms with Gasteiger partial charge in [0, 0.05) is 12.8 Å². The molecule has 0 saturated heterocycles. The molecule has 0 aromatic heterocycles. The van der Waals surface area contributed by atoms with Gasteiger partial charge in [0.15, 0.2) is 6.10 Å². The standard InChI is InChI=1S/C42H74O14P2/c1-4-5-6-7-8-9-10-11-12-16-19-22-25-29-38(43)30-27-32-41(45)52-35-40(36-55-58(50,51)54-34-39(44)33-53-57(47,48)49)56-42(46)31-26-23-20-17-14-13-15-18-21-24-28-37(2)3/h5-6,8-9,11-12,19,22,25,29,37-40,43-44H,4,7,10,13-18,20-21,23-24,26-28,30-36H2,1-3H3,(H,50,51)(H2,47,48,49)/b6-5-,9-8-,12-11-,22-19-,29-25+/t38?,39-,40+/m0/s1. The Balaban J connectivity index is 4.73. The summed E-state index contributed by atoms with van der Waals surface area (Å²) in [6.45, 7) is 3.69. The molecule has 5 N–H and O–H groups in total. The molecule has 336 valence electrons. The van der Waals surface area contributed by atoms with Gasteiger partial charge in [-0.15, -0.1) is 0 Å². The van der Waals surface area contributed by atoms with Gasteiger partial charge < -0.3 is 34.4 Å². The minimum Gasteiger partial charge on any atom is -0.462 e. The number of aliphatic hydroxyl groups is 2. The van der Waals surface area contributed by atoms with E-state index in [9.17, 15) is 33.8 Å². The molecule has 0 amide bonds. The number of carbonyl (C=O) groups excluding carboxylic acids is 2. The van der Waals surface area contributed by atoms with Crippen LogP contribution >= 0.6 is 15.6 Å². The third kappa shape index (κ3) is 40.6. The minimum absolute atomic E-state index is 0.0370. The van der Waals surface area contributed by atoms with Gasteiger partial charge in [0.2, 0.25) is 0 Å². The molecule has 0 saturated carbocycles. The first-order chi connectivity index (χ1) is 27.6. The average Bonchev–Trinajstić information content (AvgIpc) is 3.16. The maximum atomic E-state index is 12.6. The number of unbranched alkanes of at least 4 members (excludes halogenated alkanes) is 9. The zero-order valence-corrected chi connectivity index (χ0v) is 36.9. The first-order valence-electron chi connectivity index (χ1n) is 20.9. The van der Waals surface area contributed by atoms with E-state index in [0.717, 1.165) is 57.3 Å². The molecule has 0 bridgehead atoms. The highest BCUT2D eigenvalue weighted by molar-refractivity contribution is 7.47. The molecule has 0 heterocycles. The van der Waals surface area contributed by atoms with Crippen LogP contribution < -0.4 is 0 Å². The minimum atomic E-state index is -4.88. The van der Waals surface area contributed by atoms with Gasteiger partial charge >= 0.3 is 27.6 Å². The number of carbonyl (C=O) groups is 2. The molecule has 0 aliphatic carbocycles. The third-order valence-electron chi connectivity index (χ3n) is 8.44. The fraction of sp³-hybridized carbons (Fsp3) is 0.714. The largest absolute Gasteiger partial charge is 0.472 e. The van der Waals surface area contributed by atoms with Gasteiger partial charge in [0.1, 0.15) is 12.7 Å². The van der Waals surface area contributed by atoms with E-state index in [2.05, 4.69) is 66.3 Å². The van der Waals surface area contributed by atoms with Gasteiger partial charge in [-0.1, -0.05) is 146 Å². The molecule has 0 radical (unpaired) electrons. The lowest BCUT2D eigenvalue weighted by molar-refractivity contribution is -0.161. The van der Waals surface area contributed by atoms with Gasteiger partial charge in [-0.3, -0.25) is 23.2 Å². The van der Waals surface area contributed by atoms with E-state index in [-0.39, 0.29) is 12.8 Å². The molecular weight excluding hydrogens is 790 g/mol. The van der Waals surface area contributed by atoms with Crippen LogP contribution in [0.1, 0.15) is 143 Å². The monoisotopic (exact) mass is 864 g/mol. The van der Waals surface area contributed by atoms with Gasteiger partial charge in [0.05, 0.1) is 25.9 Å². The Kier molecular flexibility index (Phi) is 35.2. The van der Waals surface area contributed by atoms with Crippen molar-refractivity contribution in [3.8, 4) is 0 Å². The highest BCUT2D eigenvalue weighted by Crippen LogP contribution is 2.43. The number of phosphoric acid groups is 2. The highest BCUT2D eigenvalue weighted by atomic mass is 31.2. The van der Waals surface area contributed by atoms with Crippen molar-refractivity contribution in [2.75, 3.05) is 26.4 Å². The van der Waals surface area contributed by atoms with Gasteiger partial charge in [-0.05, 0) is 50.9 Å². The topological polar surface area (TPSA) is 216 Å². The van der Waals surface area contributed by atoms with Crippen LogP contribution in [0.3, 0.4) is 0 Å². The Labute approximate surface area is 347 Å². The molecule has 0 aliphatic heterocycles. The number of aliphatic hydroxyl groups excluding tert-OH is 2. The molecule has 16 heteroatoms. The van der Waals surface area contributed by atoms with E-state index in [1.165, 1.54) is 38.5 Å². The maximum absolute atomic E-state index is 12.6. The van der Waals surface area contributed by atoms with Crippen molar-refractivity contribution >= 4 is 27.6 Å². The fourth-order valence-electron chi connectivity index (χ4n) is 5.27. The smallest absolute Gasteiger partial charge is 0.462 e. The van der Waals surface area contributed by atoms with Crippen LogP contribution in [-0.2, 0) is 41.8 Å². The normalized spacial score (nSPS) is 15.3. The molecule has 0 spiro atoms. The number of ether oxygens (including phenoxy) is 2. The fourth-order valence-corrected chi connectivity index (χ4v) is 6.42. The summed E-state index contributed by atoms with van der Waals surface area (Å²) >= 11 is 0. The predicted octanol–water partition coefficient (Wildman–Crippen LogP) is 9.27. The molecule has 0 fully saturated rings. The molecule has 0 rings (SSSR count). The van der Waals surface area contributed by atoms with Crippen molar-refractivity contribution < 1.29 is 66.7 Å². The summed E-state index contributed by atoms with van der Waals surface area (Å²) in [6, 6.07) is 0. The van der Waals surface area contributed by atoms with Crippen molar-refractivity contribution in [2.45, 2.75) is 161 Å². The molecule has 0 aliphatic rings. The van der Waals surface area contributed by atoms with Crippen molar-refractivity contribution in [1.29, 1.82) is 0 Å². The second-order valence-electron chi connectivity index (χ2n) is 14.6. The van der Waals surface area contributed by atoms with Gasteiger partial charge in [-0.25, -0.2) is 9.13 Å². The van der Waals surface area contributed by atoms with Crippen LogP contribution in [0, 0.1) is 5.92 Å². The Morgan fingerprint density at radius 2 is 1.10 bits per heavy atom. The zero-order valence-electron chi connectivity index (χ0n) is 35.2. The molecule has 0 aromatic rings. The van der Waals surface area contributed by atoms with E-state index in [0.29, 0.717) is 19.3 Å². The SMILES string of the molecule is CC/C=C\C/C=C\C/C=C\C/C=C\C=C\C(O)CCCC(=O)OC[C@H](COP(=O)(O)OC[C@@H](O)COP(=O)(O)O)OC(=O)CCCCCCCCCCCCC(C)C. The molecule has 2 unspecified atom stereocenters. The lowest BCUT2D eigenvalue weighted by Crippen LogP contribution is -2.30. The molecule has 58 heavy (non-hydrogen) atoms. The summed E-state index contributed by atoms with van der Waals surface area (Å²) in [7, 11) is -9.73. The molecule has 14 nitrogen and oxygen atoms in total. The third-order valence-corrected chi connectivity index (χ3v) is 9.88. The van der Waals surface area contributed by atoms with Crippen LogP contribution in [0.15, 0.2) is 60.8 Å². The summed E-state index contributed by atoms with van der Waals surface area (Å²) < 4.78 is 47.6. The Bertz CT molecular complexity index is 1290. The second kappa shape index (κ2) is 36.6. The number of hydrogen-bond donors (Lipinski definition) is 5. The number of phosphoric ester groups is 2. The summed E-state index contributed by atoms with van der Waals surface area (Å²) in [6.07, 6.45) is 32.6. The molecule has 4 atom stereocenters. The van der Waals surface area contributed by atoms with Crippen molar-refractivity contribution in [3.63, 3.8) is 0 Å². The van der Waals surface area contributed by atoms with Crippen molar-refractivity contribution in [2.24, 2.45) is 5.92 Å². The van der Waals surface area contributed by atoms with Gasteiger partial charge in [0.25, 0.3) is 0 Å². The maximum Gasteiger partial charge on any atom is 0.472 e. The lowest BCUT2D eigenvalue weighted by Gasteiger charge is -2.20. The number of hydrogen-bond acceptors (Lipinski definition) is 11. The summed E-state index contributed by atoms with van der Waals surface area (Å²) in [5, 5.41) is 20.0. The first-order valence-corrected chi connectivity index (χ1v) is 24.0. The van der Waals surface area contributed by atoms with E-state index in [1.54, 1.807) is 12.2 Å². The average molecular weight is 865 g/mol. The molecular formula is C42H74O14P2. The summed E-state index contributed by atoms with van der Waals surface area (Å²) in [5.41, 5.74) is 0. The predicted molar refractivity (Wildman–Crippen MR) is 227 cm³/mol. The van der Waals surface area contributed by atoms with Crippen LogP contribution in [0.2, 0.25) is 0 Å². The van der Waals surface area contributed by atoms with E-state index in [1.807, 2.05) is 12.2 Å². The Morgan fingerprint density at radius 3 is 1.69 bits per heavy atom. The van der Waals surface area contributed by atoms with Crippen LogP contribution in [-0.4, -0.2) is 81.6 Å². The lowest BCUT2D eigenvalue weighted by atomic mass is 10.0. The zero-order chi connectivity index (χ0) is 43.3. The van der Waals surface area contributed by atoms with Crippen LogP contribution in [0.5, 0.6) is 0 Å². The van der Waals surface area contributed by atoms with Crippen molar-refractivity contribution in [3.05, 3.63) is 60.8 Å². The Hall–Kier alpha value is -2.22. The van der Waals surface area contributed by atoms with Crippen LogP contribution in [0.25, 0.3) is 0 Å². The highest BCUT2D eigenvalue weighted by Gasteiger charge is 2.28. The molecule has 0 aromatic carbocycles. The number of rotatable bonds is 38. The van der Waals surface area contributed by atoms with E-state index in [4.69, 9.17) is 23.8 Å². The number of esters is 2. The van der Waals surface area contributed by atoms with Gasteiger partial charge in [-0.2, -0.15) is 0 Å². The van der Waals surface area contributed by atoms with E-state index >= 15 is 0 Å². The van der Waals surface area contributed by atoms with Crippen molar-refractivity contribution in [1.82, 2.24) is 0 Å². The van der Waals surface area contributed by atoms with Crippen LogP contribution in [0.4, 0.5) is 0 Å². The summed E-state index contributed by atoms with van der Waals surface area (Å²) in [5.74, 6) is -0.484. The number of allylic oxidation sites excluding steroid dienone is 9. The quantitative estimate of drug-likeness (QED) is 0.0129. The Morgan fingerprint density at radius 1 is 0.586 bits per heavy atom. The van der Waals surface area contributed by atoms with E-state index < -0.39 is 72.3 Å². The summed E-state index contributed by atoms with van der Waals surface area (Å²) in [4.78, 5) is 52.6. The first kappa shape index (κ1) is 55.8. The second-order valence-corrected chi connectivity index (χ2v) is 17.3.